The van der Waals surface area contributed by atoms with Crippen molar-refractivity contribution < 1.29 is 4.79 Å². The van der Waals surface area contributed by atoms with Gasteiger partial charge in [-0.25, -0.2) is 0 Å². The van der Waals surface area contributed by atoms with Gasteiger partial charge in [-0.05, 0) is 48.5 Å². The van der Waals surface area contributed by atoms with Crippen molar-refractivity contribution in [2.45, 2.75) is 13.8 Å². The standard InChI is InChI=1S/C10H10N4O/c1-7(15)9-3-5-10(6-4-9)14-8(2)11-12-13-14/h3-6H,1-2H3. The Balaban J connectivity index is 2.40. The number of carbonyl (C=O) groups excluding carboxylic acids is 1. The van der Waals surface area contributed by atoms with Gasteiger partial charge in [-0.3, -0.25) is 4.79 Å². The zero-order chi connectivity index (χ0) is 10.8. The highest BCUT2D eigenvalue weighted by Gasteiger charge is 2.04. The molecule has 0 N–H and O–H groups in total. The first-order valence-electron chi connectivity index (χ1n) is 4.55. The van der Waals surface area contributed by atoms with Crippen molar-refractivity contribution in [3.63, 3.8) is 0 Å². The predicted molar refractivity (Wildman–Crippen MR) is 53.9 cm³/mol. The van der Waals surface area contributed by atoms with Crippen LogP contribution in [0.1, 0.15) is 23.1 Å². The Morgan fingerprint density at radius 2 is 1.93 bits per heavy atom. The summed E-state index contributed by atoms with van der Waals surface area (Å²) in [5, 5.41) is 11.2. The molecule has 5 nitrogen and oxygen atoms in total. The number of tetrazole rings is 1. The fourth-order valence-electron chi connectivity index (χ4n) is 1.31. The molecule has 0 saturated heterocycles. The first-order chi connectivity index (χ1) is 7.18. The second-order valence-electron chi connectivity index (χ2n) is 3.24. The molecule has 0 aliphatic heterocycles. The normalized spacial score (nSPS) is 10.3. The van der Waals surface area contributed by atoms with Gasteiger partial charge in [0.2, 0.25) is 0 Å². The molecule has 0 bridgehead atoms. The molecule has 0 fully saturated rings. The fraction of sp³-hybridized carbons (Fsp3) is 0.200. The maximum Gasteiger partial charge on any atom is 0.159 e. The van der Waals surface area contributed by atoms with Crippen LogP contribution in [0.25, 0.3) is 5.69 Å². The van der Waals surface area contributed by atoms with Crippen LogP contribution in [0.15, 0.2) is 24.3 Å². The minimum atomic E-state index is 0.0509. The number of nitrogens with zero attached hydrogens (tertiary/aromatic N) is 4. The molecule has 5 heteroatoms. The Bertz CT molecular complexity index is 486. The van der Waals surface area contributed by atoms with Gasteiger partial charge >= 0.3 is 0 Å². The molecule has 0 saturated carbocycles. The summed E-state index contributed by atoms with van der Waals surface area (Å²) in [6.07, 6.45) is 0. The minimum absolute atomic E-state index is 0.0509. The molecule has 15 heavy (non-hydrogen) atoms. The monoisotopic (exact) mass is 202 g/mol. The molecule has 0 spiro atoms. The molecule has 0 aliphatic rings. The summed E-state index contributed by atoms with van der Waals surface area (Å²) < 4.78 is 1.61. The van der Waals surface area contributed by atoms with E-state index in [-0.39, 0.29) is 5.78 Å². The molecule has 1 aromatic carbocycles. The highest BCUT2D eigenvalue weighted by molar-refractivity contribution is 5.94. The Labute approximate surface area is 86.7 Å². The fourth-order valence-corrected chi connectivity index (χ4v) is 1.31. The zero-order valence-corrected chi connectivity index (χ0v) is 8.51. The summed E-state index contributed by atoms with van der Waals surface area (Å²) >= 11 is 0. The van der Waals surface area contributed by atoms with Crippen molar-refractivity contribution in [1.82, 2.24) is 20.2 Å². The molecule has 0 aliphatic carbocycles. The summed E-state index contributed by atoms with van der Waals surface area (Å²) in [5.74, 6) is 0.764. The third-order valence-corrected chi connectivity index (χ3v) is 2.14. The number of aryl methyl sites for hydroxylation is 1. The van der Waals surface area contributed by atoms with Gasteiger partial charge in [-0.2, -0.15) is 4.68 Å². The third kappa shape index (κ3) is 1.76. The highest BCUT2D eigenvalue weighted by Crippen LogP contribution is 2.09. The molecule has 2 rings (SSSR count). The van der Waals surface area contributed by atoms with Gasteiger partial charge in [0.05, 0.1) is 5.69 Å². The Morgan fingerprint density at radius 1 is 1.27 bits per heavy atom. The van der Waals surface area contributed by atoms with Crippen LogP contribution in [0.3, 0.4) is 0 Å². The number of rotatable bonds is 2. The first-order valence-corrected chi connectivity index (χ1v) is 4.55. The molecule has 76 valence electrons. The lowest BCUT2D eigenvalue weighted by Crippen LogP contribution is -2.00. The molecule has 0 atom stereocenters. The summed E-state index contributed by atoms with van der Waals surface area (Å²) in [6, 6.07) is 7.16. The molecule has 0 radical (unpaired) electrons. The van der Waals surface area contributed by atoms with Crippen molar-refractivity contribution >= 4 is 5.78 Å². The Kier molecular flexibility index (Phi) is 2.29. The van der Waals surface area contributed by atoms with Crippen LogP contribution in [-0.2, 0) is 0 Å². The van der Waals surface area contributed by atoms with Gasteiger partial charge in [-0.1, -0.05) is 0 Å². The average molecular weight is 202 g/mol. The number of ketones is 1. The van der Waals surface area contributed by atoms with Gasteiger partial charge in [0.1, 0.15) is 0 Å². The van der Waals surface area contributed by atoms with Crippen molar-refractivity contribution in [3.05, 3.63) is 35.7 Å². The van der Waals surface area contributed by atoms with E-state index in [9.17, 15) is 4.79 Å². The first kappa shape index (κ1) is 9.51. The lowest BCUT2D eigenvalue weighted by Gasteiger charge is -2.01. The molecule has 2 aromatic rings. The van der Waals surface area contributed by atoms with E-state index in [0.717, 1.165) is 5.69 Å². The smallest absolute Gasteiger partial charge is 0.159 e. The lowest BCUT2D eigenvalue weighted by molar-refractivity contribution is 0.101. The van der Waals surface area contributed by atoms with Gasteiger partial charge in [0.25, 0.3) is 0 Å². The topological polar surface area (TPSA) is 60.7 Å². The predicted octanol–water partition coefficient (Wildman–Crippen LogP) is 1.17. The number of hydrogen-bond donors (Lipinski definition) is 0. The van der Waals surface area contributed by atoms with Gasteiger partial charge in [0, 0.05) is 5.56 Å². The number of Topliss-reactive ketones (excluding diaryl/α,β-unsaturated/α-hetero) is 1. The highest BCUT2D eigenvalue weighted by atomic mass is 16.1. The largest absolute Gasteiger partial charge is 0.295 e. The SMILES string of the molecule is CC(=O)c1ccc(-n2nnnc2C)cc1. The van der Waals surface area contributed by atoms with E-state index in [1.807, 2.05) is 19.1 Å². The zero-order valence-electron chi connectivity index (χ0n) is 8.51. The van der Waals surface area contributed by atoms with Crippen LogP contribution in [-0.4, -0.2) is 26.0 Å². The summed E-state index contributed by atoms with van der Waals surface area (Å²) in [4.78, 5) is 11.1. The average Bonchev–Trinajstić information content (AvgIpc) is 2.65. The van der Waals surface area contributed by atoms with E-state index in [0.29, 0.717) is 11.4 Å². The summed E-state index contributed by atoms with van der Waals surface area (Å²) in [5.41, 5.74) is 1.53. The minimum Gasteiger partial charge on any atom is -0.295 e. The second kappa shape index (κ2) is 3.61. The summed E-state index contributed by atoms with van der Waals surface area (Å²) in [7, 11) is 0. The van der Waals surface area contributed by atoms with Crippen LogP contribution >= 0.6 is 0 Å². The van der Waals surface area contributed by atoms with E-state index in [1.165, 1.54) is 6.92 Å². The van der Waals surface area contributed by atoms with Crippen molar-refractivity contribution in [1.29, 1.82) is 0 Å². The van der Waals surface area contributed by atoms with Gasteiger partial charge in [-0.15, -0.1) is 5.10 Å². The maximum atomic E-state index is 11.1. The third-order valence-electron chi connectivity index (χ3n) is 2.14. The lowest BCUT2D eigenvalue weighted by atomic mass is 10.1. The number of carbonyl (C=O) groups is 1. The Morgan fingerprint density at radius 3 is 2.40 bits per heavy atom. The van der Waals surface area contributed by atoms with Crippen molar-refractivity contribution in [3.8, 4) is 5.69 Å². The van der Waals surface area contributed by atoms with Crippen LogP contribution in [0.4, 0.5) is 0 Å². The summed E-state index contributed by atoms with van der Waals surface area (Å²) in [6.45, 7) is 3.36. The molecule has 0 amide bonds. The molecular formula is C10H10N4O. The number of benzene rings is 1. The van der Waals surface area contributed by atoms with Crippen molar-refractivity contribution in [2.24, 2.45) is 0 Å². The molecule has 0 unspecified atom stereocenters. The maximum absolute atomic E-state index is 11.1. The van der Waals surface area contributed by atoms with Gasteiger partial charge in [0.15, 0.2) is 11.6 Å². The van der Waals surface area contributed by atoms with Crippen LogP contribution in [0.5, 0.6) is 0 Å². The van der Waals surface area contributed by atoms with Crippen LogP contribution in [0.2, 0.25) is 0 Å². The molecule has 1 heterocycles. The van der Waals surface area contributed by atoms with E-state index >= 15 is 0 Å². The van der Waals surface area contributed by atoms with E-state index < -0.39 is 0 Å². The second-order valence-corrected chi connectivity index (χ2v) is 3.24. The van der Waals surface area contributed by atoms with E-state index in [2.05, 4.69) is 15.5 Å². The van der Waals surface area contributed by atoms with Gasteiger partial charge < -0.3 is 0 Å². The Hall–Kier alpha value is -2.04. The van der Waals surface area contributed by atoms with Crippen LogP contribution < -0.4 is 0 Å². The van der Waals surface area contributed by atoms with Crippen molar-refractivity contribution in [2.75, 3.05) is 0 Å². The number of hydrogen-bond acceptors (Lipinski definition) is 4. The molecular weight excluding hydrogens is 192 g/mol. The molecule has 1 aromatic heterocycles. The quantitative estimate of drug-likeness (QED) is 0.686. The van der Waals surface area contributed by atoms with E-state index in [4.69, 9.17) is 0 Å². The van der Waals surface area contributed by atoms with E-state index in [1.54, 1.807) is 16.8 Å². The van der Waals surface area contributed by atoms with Crippen LogP contribution in [0, 0.1) is 6.92 Å². The number of aromatic nitrogens is 4.